The molecule has 2 N–H and O–H groups in total. The summed E-state index contributed by atoms with van der Waals surface area (Å²) in [7, 11) is 0. The minimum Gasteiger partial charge on any atom is -0.383 e. The van der Waals surface area contributed by atoms with E-state index in [4.69, 9.17) is 5.73 Å². The van der Waals surface area contributed by atoms with Crippen molar-refractivity contribution in [3.05, 3.63) is 23.4 Å². The zero-order chi connectivity index (χ0) is 15.3. The Kier molecular flexibility index (Phi) is 13.7. The van der Waals surface area contributed by atoms with E-state index in [1.807, 2.05) is 46.9 Å². The van der Waals surface area contributed by atoms with Crippen molar-refractivity contribution >= 4 is 12.0 Å². The van der Waals surface area contributed by atoms with Gasteiger partial charge in [0.15, 0.2) is 0 Å². The van der Waals surface area contributed by atoms with Crippen molar-refractivity contribution in [2.75, 3.05) is 5.73 Å². The van der Waals surface area contributed by atoms with Gasteiger partial charge >= 0.3 is 0 Å². The van der Waals surface area contributed by atoms with Gasteiger partial charge in [0, 0.05) is 24.0 Å². The predicted molar refractivity (Wildman–Crippen MR) is 88.0 cm³/mol. The third kappa shape index (κ3) is 8.36. The molecule has 0 aliphatic rings. The van der Waals surface area contributed by atoms with E-state index in [0.717, 1.165) is 24.0 Å². The van der Waals surface area contributed by atoms with E-state index in [0.29, 0.717) is 11.9 Å². The quantitative estimate of drug-likeness (QED) is 0.807. The summed E-state index contributed by atoms with van der Waals surface area (Å²) in [6.07, 6.45) is 5.73. The number of nitrogens with zero attached hydrogens (tertiary/aromatic N) is 2. The van der Waals surface area contributed by atoms with Crippen LogP contribution in [0.15, 0.2) is 17.3 Å². The fraction of sp³-hybridized carbons (Fsp3) is 0.625. The maximum Gasteiger partial charge on any atom is 0.132 e. The van der Waals surface area contributed by atoms with Crippen molar-refractivity contribution in [2.45, 2.75) is 67.3 Å². The number of anilines is 1. The van der Waals surface area contributed by atoms with Gasteiger partial charge in [-0.25, -0.2) is 4.98 Å². The van der Waals surface area contributed by atoms with Gasteiger partial charge in [0.2, 0.25) is 0 Å². The van der Waals surface area contributed by atoms with Crippen LogP contribution in [0.2, 0.25) is 0 Å². The minimum absolute atomic E-state index is 0.393. The topological polar surface area (TPSA) is 51.3 Å². The van der Waals surface area contributed by atoms with Crippen LogP contribution < -0.4 is 5.73 Å². The molecule has 0 bridgehead atoms. The summed E-state index contributed by atoms with van der Waals surface area (Å²) in [6.45, 7) is 14.3. The third-order valence-electron chi connectivity index (χ3n) is 2.45. The monoisotopic (exact) mass is 265 g/mol. The Balaban J connectivity index is 0. The number of aryl methyl sites for hydroxylation is 1. The van der Waals surface area contributed by atoms with Gasteiger partial charge in [-0.3, -0.25) is 4.99 Å². The Bertz CT molecular complexity index is 342. The first-order chi connectivity index (χ1) is 9.17. The molecule has 1 aromatic heterocycles. The summed E-state index contributed by atoms with van der Waals surface area (Å²) in [5, 5.41) is 0. The SMILES string of the molecule is CC.CC.CCC(CC)N=Cc1cc(C)cnc1N. The second kappa shape index (κ2) is 13.1. The van der Waals surface area contributed by atoms with Gasteiger partial charge in [-0.15, -0.1) is 0 Å². The molecule has 1 heterocycles. The molecular formula is C16H31N3. The molecular weight excluding hydrogens is 234 g/mol. The number of aromatic nitrogens is 1. The fourth-order valence-electron chi connectivity index (χ4n) is 1.39. The van der Waals surface area contributed by atoms with E-state index in [2.05, 4.69) is 23.8 Å². The smallest absolute Gasteiger partial charge is 0.132 e. The van der Waals surface area contributed by atoms with E-state index in [1.54, 1.807) is 6.20 Å². The molecule has 0 saturated heterocycles. The lowest BCUT2D eigenvalue weighted by atomic mass is 10.2. The summed E-state index contributed by atoms with van der Waals surface area (Å²) in [5.74, 6) is 0.551. The first-order valence-corrected chi connectivity index (χ1v) is 7.42. The van der Waals surface area contributed by atoms with E-state index >= 15 is 0 Å². The molecule has 1 aromatic rings. The van der Waals surface area contributed by atoms with E-state index in [9.17, 15) is 0 Å². The zero-order valence-corrected chi connectivity index (χ0v) is 13.7. The molecule has 0 amide bonds. The highest BCUT2D eigenvalue weighted by atomic mass is 14.8. The molecule has 0 atom stereocenters. The molecule has 3 heteroatoms. The Labute approximate surface area is 119 Å². The molecule has 110 valence electrons. The van der Waals surface area contributed by atoms with Crippen LogP contribution in [-0.4, -0.2) is 17.2 Å². The average molecular weight is 265 g/mol. The standard InChI is InChI=1S/C12H19N3.2C2H6/c1-4-11(5-2)14-8-10-6-9(3)7-15-12(10)13;2*1-2/h6-8,11H,4-5H2,1-3H3,(H2,13,15);2*1-2H3. The number of hydrogen-bond acceptors (Lipinski definition) is 3. The fourth-order valence-corrected chi connectivity index (χ4v) is 1.39. The van der Waals surface area contributed by atoms with Gasteiger partial charge in [0.05, 0.1) is 0 Å². The normalized spacial score (nSPS) is 9.68. The van der Waals surface area contributed by atoms with Gasteiger partial charge in [0.1, 0.15) is 5.82 Å². The molecule has 0 aromatic carbocycles. The predicted octanol–water partition coefficient (Wildman–Crippen LogP) is 4.63. The van der Waals surface area contributed by atoms with Crippen LogP contribution >= 0.6 is 0 Å². The second-order valence-corrected chi connectivity index (χ2v) is 3.74. The van der Waals surface area contributed by atoms with Crippen LogP contribution in [0.25, 0.3) is 0 Å². The summed E-state index contributed by atoms with van der Waals surface area (Å²) >= 11 is 0. The van der Waals surface area contributed by atoms with Gasteiger partial charge in [-0.1, -0.05) is 41.5 Å². The Morgan fingerprint density at radius 1 is 1.21 bits per heavy atom. The highest BCUT2D eigenvalue weighted by molar-refractivity contribution is 5.85. The van der Waals surface area contributed by atoms with E-state index in [-0.39, 0.29) is 0 Å². The molecule has 0 unspecified atom stereocenters. The molecule has 0 spiro atoms. The lowest BCUT2D eigenvalue weighted by Gasteiger charge is -2.06. The number of hydrogen-bond donors (Lipinski definition) is 1. The molecule has 0 aliphatic carbocycles. The molecule has 0 saturated carbocycles. The van der Waals surface area contributed by atoms with Crippen LogP contribution in [0.4, 0.5) is 5.82 Å². The molecule has 3 nitrogen and oxygen atoms in total. The lowest BCUT2D eigenvalue weighted by Crippen LogP contribution is -2.03. The van der Waals surface area contributed by atoms with Crippen molar-refractivity contribution in [2.24, 2.45) is 4.99 Å². The van der Waals surface area contributed by atoms with Gasteiger partial charge < -0.3 is 5.73 Å². The molecule has 0 aliphatic heterocycles. The largest absolute Gasteiger partial charge is 0.383 e. The zero-order valence-electron chi connectivity index (χ0n) is 13.7. The minimum atomic E-state index is 0.393. The van der Waals surface area contributed by atoms with Crippen molar-refractivity contribution < 1.29 is 0 Å². The number of pyridine rings is 1. The first kappa shape index (κ1) is 19.9. The Morgan fingerprint density at radius 3 is 2.21 bits per heavy atom. The number of aliphatic imine (C=N–C) groups is 1. The van der Waals surface area contributed by atoms with E-state index in [1.165, 1.54) is 0 Å². The van der Waals surface area contributed by atoms with Gasteiger partial charge in [0.25, 0.3) is 0 Å². The maximum absolute atomic E-state index is 5.76. The first-order valence-electron chi connectivity index (χ1n) is 7.42. The average Bonchev–Trinajstić information content (AvgIpc) is 2.48. The molecule has 0 radical (unpaired) electrons. The van der Waals surface area contributed by atoms with Gasteiger partial charge in [-0.2, -0.15) is 0 Å². The Morgan fingerprint density at radius 2 is 1.74 bits per heavy atom. The Hall–Kier alpha value is -1.38. The van der Waals surface area contributed by atoms with Crippen LogP contribution in [0.1, 0.15) is 65.5 Å². The number of rotatable bonds is 4. The molecule has 0 fully saturated rings. The van der Waals surface area contributed by atoms with Crippen molar-refractivity contribution in [1.29, 1.82) is 0 Å². The van der Waals surface area contributed by atoms with Crippen LogP contribution in [0, 0.1) is 6.92 Å². The van der Waals surface area contributed by atoms with Crippen molar-refractivity contribution in [3.63, 3.8) is 0 Å². The van der Waals surface area contributed by atoms with Crippen molar-refractivity contribution in [1.82, 2.24) is 4.98 Å². The summed E-state index contributed by atoms with van der Waals surface area (Å²) in [4.78, 5) is 8.58. The van der Waals surface area contributed by atoms with Crippen LogP contribution in [0.3, 0.4) is 0 Å². The van der Waals surface area contributed by atoms with Crippen LogP contribution in [0.5, 0.6) is 0 Å². The maximum atomic E-state index is 5.76. The van der Waals surface area contributed by atoms with E-state index < -0.39 is 0 Å². The third-order valence-corrected chi connectivity index (χ3v) is 2.45. The summed E-state index contributed by atoms with van der Waals surface area (Å²) in [6, 6.07) is 2.40. The summed E-state index contributed by atoms with van der Waals surface area (Å²) < 4.78 is 0. The van der Waals surface area contributed by atoms with Crippen molar-refractivity contribution in [3.8, 4) is 0 Å². The second-order valence-electron chi connectivity index (χ2n) is 3.74. The number of nitrogens with two attached hydrogens (primary N) is 1. The van der Waals surface area contributed by atoms with Crippen LogP contribution in [-0.2, 0) is 0 Å². The molecule has 19 heavy (non-hydrogen) atoms. The highest BCUT2D eigenvalue weighted by Crippen LogP contribution is 2.09. The summed E-state index contributed by atoms with van der Waals surface area (Å²) in [5.41, 5.74) is 7.78. The van der Waals surface area contributed by atoms with Gasteiger partial charge in [-0.05, 0) is 31.4 Å². The molecule has 1 rings (SSSR count). The number of nitrogen functional groups attached to an aromatic ring is 1. The highest BCUT2D eigenvalue weighted by Gasteiger charge is 2.00. The lowest BCUT2D eigenvalue weighted by molar-refractivity contribution is 0.634.